The lowest BCUT2D eigenvalue weighted by molar-refractivity contribution is -0.118. The molecule has 0 saturated heterocycles. The maximum absolute atomic E-state index is 13.8. The topological polar surface area (TPSA) is 72.4 Å². The van der Waals surface area contributed by atoms with Crippen LogP contribution in [0.25, 0.3) is 0 Å². The molecule has 0 spiro atoms. The Morgan fingerprint density at radius 2 is 2.21 bits per heavy atom. The SMILES string of the molecule is O=CBN(C(=O)C1CC1)c1cc(Oc2ncc(Br)cc2F)ccn1. The first-order valence-corrected chi connectivity index (χ1v) is 8.07. The molecule has 0 aromatic carbocycles. The monoisotopic (exact) mass is 391 g/mol. The van der Waals surface area contributed by atoms with Crippen LogP contribution >= 0.6 is 15.9 Å². The normalized spacial score (nSPS) is 13.2. The van der Waals surface area contributed by atoms with Crippen LogP contribution in [0.15, 0.2) is 35.1 Å². The van der Waals surface area contributed by atoms with Gasteiger partial charge in [-0.2, -0.15) is 0 Å². The predicted octanol–water partition coefficient (Wildman–Crippen LogP) is 2.46. The first kappa shape index (κ1) is 16.6. The maximum atomic E-state index is 13.8. The summed E-state index contributed by atoms with van der Waals surface area (Å²) in [7, 11) is -0.0866. The second kappa shape index (κ2) is 7.08. The van der Waals surface area contributed by atoms with Crippen molar-refractivity contribution in [1.29, 1.82) is 0 Å². The number of carbonyl (C=O) groups is 2. The van der Waals surface area contributed by atoms with Crippen LogP contribution in [-0.4, -0.2) is 29.5 Å². The third-order valence-electron chi connectivity index (χ3n) is 3.43. The number of aromatic nitrogens is 2. The molecule has 0 aliphatic heterocycles. The number of anilines is 1. The molecule has 1 fully saturated rings. The van der Waals surface area contributed by atoms with Gasteiger partial charge in [0.15, 0.2) is 5.82 Å². The van der Waals surface area contributed by atoms with Gasteiger partial charge in [0.25, 0.3) is 5.88 Å². The molecule has 6 nitrogen and oxygen atoms in total. The highest BCUT2D eigenvalue weighted by molar-refractivity contribution is 9.10. The fourth-order valence-corrected chi connectivity index (χ4v) is 2.42. The number of hydrogen-bond donors (Lipinski definition) is 0. The quantitative estimate of drug-likeness (QED) is 0.558. The van der Waals surface area contributed by atoms with E-state index in [1.54, 1.807) is 0 Å². The van der Waals surface area contributed by atoms with Gasteiger partial charge >= 0.3 is 7.41 Å². The Morgan fingerprint density at radius 3 is 2.88 bits per heavy atom. The highest BCUT2D eigenvalue weighted by Gasteiger charge is 2.34. The van der Waals surface area contributed by atoms with Gasteiger partial charge in [0, 0.05) is 28.9 Å². The van der Waals surface area contributed by atoms with Crippen LogP contribution in [0, 0.1) is 11.7 Å². The number of nitrogens with zero attached hydrogens (tertiary/aromatic N) is 3. The van der Waals surface area contributed by atoms with E-state index in [1.807, 2.05) is 0 Å². The minimum absolute atomic E-state index is 0.0538. The van der Waals surface area contributed by atoms with E-state index in [-0.39, 0.29) is 36.7 Å². The molecule has 3 rings (SSSR count). The molecule has 0 N–H and O–H groups in total. The van der Waals surface area contributed by atoms with Crippen molar-refractivity contribution in [3.8, 4) is 11.6 Å². The van der Waals surface area contributed by atoms with Crippen molar-refractivity contribution in [3.05, 3.63) is 40.9 Å². The lowest BCUT2D eigenvalue weighted by Crippen LogP contribution is -2.37. The smallest absolute Gasteiger partial charge is 0.320 e. The second-order valence-corrected chi connectivity index (χ2v) is 6.20. The van der Waals surface area contributed by atoms with E-state index in [0.29, 0.717) is 10.7 Å². The molecule has 2 heterocycles. The van der Waals surface area contributed by atoms with Crippen molar-refractivity contribution in [2.45, 2.75) is 12.8 Å². The van der Waals surface area contributed by atoms with Gasteiger partial charge in [0.05, 0.1) is 0 Å². The summed E-state index contributed by atoms with van der Waals surface area (Å²) >= 11 is 3.12. The summed E-state index contributed by atoms with van der Waals surface area (Å²) in [6.07, 6.45) is 5.12. The Balaban J connectivity index is 1.84. The van der Waals surface area contributed by atoms with E-state index in [9.17, 15) is 14.0 Å². The van der Waals surface area contributed by atoms with E-state index in [2.05, 4.69) is 25.9 Å². The molecule has 0 radical (unpaired) electrons. The molecule has 0 unspecified atom stereocenters. The molecule has 1 amide bonds. The molecule has 2 aromatic heterocycles. The molecule has 2 aromatic rings. The number of rotatable bonds is 6. The van der Waals surface area contributed by atoms with Gasteiger partial charge in [-0.15, -0.1) is 0 Å². The van der Waals surface area contributed by atoms with Gasteiger partial charge in [0.1, 0.15) is 17.8 Å². The van der Waals surface area contributed by atoms with Crippen molar-refractivity contribution in [2.24, 2.45) is 5.92 Å². The van der Waals surface area contributed by atoms with Crippen molar-refractivity contribution < 1.29 is 18.7 Å². The third kappa shape index (κ3) is 3.78. The average Bonchev–Trinajstić information content (AvgIpc) is 3.40. The Kier molecular flexibility index (Phi) is 4.89. The van der Waals surface area contributed by atoms with Gasteiger partial charge < -0.3 is 14.3 Å². The number of pyridine rings is 2. The fraction of sp³-hybridized carbons (Fsp3) is 0.200. The number of hydrogen-bond acceptors (Lipinski definition) is 5. The fourth-order valence-electron chi connectivity index (χ4n) is 2.12. The van der Waals surface area contributed by atoms with E-state index < -0.39 is 5.82 Å². The molecule has 1 aliphatic carbocycles. The summed E-state index contributed by atoms with van der Waals surface area (Å²) < 4.78 is 19.7. The molecule has 1 aliphatic rings. The minimum atomic E-state index is -0.624. The zero-order valence-electron chi connectivity index (χ0n) is 12.5. The summed E-state index contributed by atoms with van der Waals surface area (Å²) in [4.78, 5) is 32.4. The van der Waals surface area contributed by atoms with Gasteiger partial charge in [-0.05, 0) is 40.9 Å². The number of carbonyl (C=O) groups excluding carboxylic acids is 2. The minimum Gasteiger partial charge on any atom is -0.436 e. The summed E-state index contributed by atoms with van der Waals surface area (Å²) in [5.74, 6) is -0.448. The molecule has 122 valence electrons. The van der Waals surface area contributed by atoms with Crippen LogP contribution in [0.1, 0.15) is 12.8 Å². The zero-order valence-corrected chi connectivity index (χ0v) is 14.1. The number of ether oxygens (including phenoxy) is 1. The maximum Gasteiger partial charge on any atom is 0.320 e. The lowest BCUT2D eigenvalue weighted by atomic mass is 9.93. The van der Waals surface area contributed by atoms with Crippen LogP contribution in [-0.2, 0) is 9.59 Å². The van der Waals surface area contributed by atoms with Crippen LogP contribution in [0.4, 0.5) is 10.2 Å². The molecule has 1 saturated carbocycles. The molecule has 0 bridgehead atoms. The third-order valence-corrected chi connectivity index (χ3v) is 3.87. The zero-order chi connectivity index (χ0) is 17.1. The Hall–Kier alpha value is -2.29. The number of halogens is 2. The van der Waals surface area contributed by atoms with Crippen molar-refractivity contribution in [3.63, 3.8) is 0 Å². The van der Waals surface area contributed by atoms with E-state index in [4.69, 9.17) is 4.74 Å². The second-order valence-electron chi connectivity index (χ2n) is 5.28. The average molecular weight is 392 g/mol. The molecular formula is C15H12BBrFN3O3. The number of amides is 1. The summed E-state index contributed by atoms with van der Waals surface area (Å²) in [5, 5.41) is 0. The summed E-state index contributed by atoms with van der Waals surface area (Å²) in [6, 6.07) is 4.24. The van der Waals surface area contributed by atoms with Gasteiger partial charge in [-0.3, -0.25) is 4.79 Å². The molecule has 9 heteroatoms. The molecule has 0 atom stereocenters. The van der Waals surface area contributed by atoms with Crippen LogP contribution in [0.2, 0.25) is 0 Å². The van der Waals surface area contributed by atoms with Crippen LogP contribution < -0.4 is 9.55 Å². The lowest BCUT2D eigenvalue weighted by Gasteiger charge is -2.19. The first-order chi connectivity index (χ1) is 11.6. The van der Waals surface area contributed by atoms with Crippen molar-refractivity contribution in [2.75, 3.05) is 4.81 Å². The van der Waals surface area contributed by atoms with Crippen molar-refractivity contribution in [1.82, 2.24) is 9.97 Å². The Bertz CT molecular complexity index is 788. The summed E-state index contributed by atoms with van der Waals surface area (Å²) in [6.45, 7) is 0. The Morgan fingerprint density at radius 1 is 1.42 bits per heavy atom. The predicted molar refractivity (Wildman–Crippen MR) is 90.3 cm³/mol. The van der Waals surface area contributed by atoms with E-state index in [0.717, 1.165) is 12.8 Å². The van der Waals surface area contributed by atoms with Crippen LogP contribution in [0.5, 0.6) is 11.6 Å². The highest BCUT2D eigenvalue weighted by atomic mass is 79.9. The summed E-state index contributed by atoms with van der Waals surface area (Å²) in [5.41, 5.74) is 0. The van der Waals surface area contributed by atoms with Crippen LogP contribution in [0.3, 0.4) is 0 Å². The van der Waals surface area contributed by atoms with Gasteiger partial charge in [-0.1, -0.05) is 0 Å². The standard InChI is InChI=1S/C15H12BBrFN3O3/c17-10-5-12(18)14(20-7-10)24-11-3-4-19-13(6-11)21(16-8-22)15(23)9-1-2-9/h3-9,16H,1-2H2. The Labute approximate surface area is 146 Å². The molecule has 24 heavy (non-hydrogen) atoms. The highest BCUT2D eigenvalue weighted by Crippen LogP contribution is 2.33. The van der Waals surface area contributed by atoms with E-state index >= 15 is 0 Å². The molecular weight excluding hydrogens is 380 g/mol. The van der Waals surface area contributed by atoms with Gasteiger partial charge in [0.2, 0.25) is 5.91 Å². The first-order valence-electron chi connectivity index (χ1n) is 7.28. The van der Waals surface area contributed by atoms with Crippen molar-refractivity contribution >= 4 is 41.3 Å². The van der Waals surface area contributed by atoms with Gasteiger partial charge in [-0.25, -0.2) is 14.4 Å². The van der Waals surface area contributed by atoms with E-state index in [1.165, 1.54) is 35.4 Å². The largest absolute Gasteiger partial charge is 0.436 e.